The van der Waals surface area contributed by atoms with Gasteiger partial charge in [-0.1, -0.05) is 44.4 Å². The molecule has 0 spiro atoms. The van der Waals surface area contributed by atoms with Crippen LogP contribution in [-0.4, -0.2) is 12.1 Å². The molecule has 0 saturated carbocycles. The van der Waals surface area contributed by atoms with E-state index < -0.39 is 0 Å². The van der Waals surface area contributed by atoms with E-state index in [-0.39, 0.29) is 17.3 Å². The second-order valence-electron chi connectivity index (χ2n) is 6.45. The van der Waals surface area contributed by atoms with Crippen LogP contribution in [0.15, 0.2) is 18.2 Å². The molecule has 0 amide bonds. The molecule has 1 unspecified atom stereocenters. The van der Waals surface area contributed by atoms with Gasteiger partial charge in [0.1, 0.15) is 5.82 Å². The zero-order valence-corrected chi connectivity index (χ0v) is 14.0. The molecule has 1 atom stereocenters. The number of nitrogens with one attached hydrogen (secondary N) is 1. The Hall–Kier alpha value is -0.600. The smallest absolute Gasteiger partial charge is 0.128 e. The predicted molar refractivity (Wildman–Crippen MR) is 86.0 cm³/mol. The molecule has 3 heteroatoms. The Morgan fingerprint density at radius 2 is 1.80 bits per heavy atom. The molecule has 1 nitrogen and oxygen atoms in total. The summed E-state index contributed by atoms with van der Waals surface area (Å²) in [5, 5.41) is 4.04. The Morgan fingerprint density at radius 1 is 1.20 bits per heavy atom. The van der Waals surface area contributed by atoms with Crippen molar-refractivity contribution in [3.05, 3.63) is 34.6 Å². The lowest BCUT2D eigenvalue weighted by molar-refractivity contribution is 0.329. The van der Waals surface area contributed by atoms with E-state index in [4.69, 9.17) is 11.6 Å². The molecule has 0 saturated heterocycles. The standard InChI is InChI=1S/C17H27ClFN/c1-6-12(7-2)13(11-20-17(3,4)5)16-14(18)9-8-10-15(16)19/h8-10,12-13,20H,6-7,11H2,1-5H3. The van der Waals surface area contributed by atoms with Gasteiger partial charge in [-0.15, -0.1) is 0 Å². The number of hydrogen-bond donors (Lipinski definition) is 1. The van der Waals surface area contributed by atoms with Gasteiger partial charge in [-0.2, -0.15) is 0 Å². The zero-order valence-electron chi connectivity index (χ0n) is 13.3. The maximum Gasteiger partial charge on any atom is 0.128 e. The fourth-order valence-corrected chi connectivity index (χ4v) is 2.95. The van der Waals surface area contributed by atoms with Crippen molar-refractivity contribution in [2.45, 2.75) is 58.9 Å². The molecule has 0 aliphatic rings. The van der Waals surface area contributed by atoms with E-state index >= 15 is 0 Å². The molecule has 0 fully saturated rings. The van der Waals surface area contributed by atoms with Gasteiger partial charge < -0.3 is 5.32 Å². The van der Waals surface area contributed by atoms with Crippen LogP contribution in [0.2, 0.25) is 5.02 Å². The summed E-state index contributed by atoms with van der Waals surface area (Å²) in [4.78, 5) is 0. The summed E-state index contributed by atoms with van der Waals surface area (Å²) in [5.74, 6) is 0.349. The van der Waals surface area contributed by atoms with E-state index in [1.165, 1.54) is 6.07 Å². The second kappa shape index (κ2) is 7.42. The third-order valence-corrected chi connectivity index (χ3v) is 4.17. The average Bonchev–Trinajstić information content (AvgIpc) is 2.35. The molecule has 0 aliphatic carbocycles. The number of hydrogen-bond acceptors (Lipinski definition) is 1. The molecular weight excluding hydrogens is 273 g/mol. The molecule has 0 aliphatic heterocycles. The maximum atomic E-state index is 14.2. The Morgan fingerprint density at radius 3 is 2.25 bits per heavy atom. The Kier molecular flexibility index (Phi) is 6.47. The van der Waals surface area contributed by atoms with Crippen molar-refractivity contribution in [3.63, 3.8) is 0 Å². The fourth-order valence-electron chi connectivity index (χ4n) is 2.64. The summed E-state index contributed by atoms with van der Waals surface area (Å²) in [6.07, 6.45) is 2.05. The normalized spacial score (nSPS) is 13.8. The van der Waals surface area contributed by atoms with Gasteiger partial charge in [0.25, 0.3) is 0 Å². The quantitative estimate of drug-likeness (QED) is 0.743. The highest BCUT2D eigenvalue weighted by molar-refractivity contribution is 6.31. The number of rotatable bonds is 6. The van der Waals surface area contributed by atoms with Crippen molar-refractivity contribution >= 4 is 11.6 Å². The molecule has 1 aromatic carbocycles. The molecule has 0 radical (unpaired) electrons. The highest BCUT2D eigenvalue weighted by Gasteiger charge is 2.26. The van der Waals surface area contributed by atoms with E-state index in [1.807, 2.05) is 0 Å². The van der Waals surface area contributed by atoms with Crippen molar-refractivity contribution in [1.29, 1.82) is 0 Å². The predicted octanol–water partition coefficient (Wildman–Crippen LogP) is 5.39. The average molecular weight is 300 g/mol. The van der Waals surface area contributed by atoms with Gasteiger partial charge in [-0.05, 0) is 38.8 Å². The van der Waals surface area contributed by atoms with Gasteiger partial charge in [0.15, 0.2) is 0 Å². The summed E-state index contributed by atoms with van der Waals surface area (Å²) in [6, 6.07) is 4.96. The van der Waals surface area contributed by atoms with E-state index in [1.54, 1.807) is 12.1 Å². The zero-order chi connectivity index (χ0) is 15.3. The monoisotopic (exact) mass is 299 g/mol. The molecule has 0 bridgehead atoms. The summed E-state index contributed by atoms with van der Waals surface area (Å²) >= 11 is 6.26. The van der Waals surface area contributed by atoms with E-state index in [2.05, 4.69) is 39.9 Å². The van der Waals surface area contributed by atoms with Gasteiger partial charge in [0, 0.05) is 28.6 Å². The molecular formula is C17H27ClFN. The van der Waals surface area contributed by atoms with Crippen molar-refractivity contribution in [3.8, 4) is 0 Å². The van der Waals surface area contributed by atoms with Gasteiger partial charge >= 0.3 is 0 Å². The lowest BCUT2D eigenvalue weighted by Gasteiger charge is -2.31. The largest absolute Gasteiger partial charge is 0.311 e. The van der Waals surface area contributed by atoms with Crippen molar-refractivity contribution in [2.75, 3.05) is 6.54 Å². The van der Waals surface area contributed by atoms with Crippen molar-refractivity contribution in [1.82, 2.24) is 5.32 Å². The van der Waals surface area contributed by atoms with Crippen LogP contribution in [0.4, 0.5) is 4.39 Å². The minimum atomic E-state index is -0.190. The first-order valence-electron chi connectivity index (χ1n) is 7.49. The lowest BCUT2D eigenvalue weighted by atomic mass is 9.82. The molecule has 1 N–H and O–H groups in total. The van der Waals surface area contributed by atoms with Crippen LogP contribution in [0.25, 0.3) is 0 Å². The Labute approximate surface area is 127 Å². The number of benzene rings is 1. The Balaban J connectivity index is 3.09. The van der Waals surface area contributed by atoms with Gasteiger partial charge in [0.05, 0.1) is 0 Å². The van der Waals surface area contributed by atoms with Gasteiger partial charge in [-0.25, -0.2) is 4.39 Å². The van der Waals surface area contributed by atoms with Gasteiger partial charge in [-0.3, -0.25) is 0 Å². The van der Waals surface area contributed by atoms with E-state index in [9.17, 15) is 4.39 Å². The van der Waals surface area contributed by atoms with Crippen LogP contribution in [0.3, 0.4) is 0 Å². The second-order valence-corrected chi connectivity index (χ2v) is 6.86. The fraction of sp³-hybridized carbons (Fsp3) is 0.647. The summed E-state index contributed by atoms with van der Waals surface area (Å²) in [7, 11) is 0. The third-order valence-electron chi connectivity index (χ3n) is 3.84. The first-order valence-corrected chi connectivity index (χ1v) is 7.86. The van der Waals surface area contributed by atoms with E-state index in [0.717, 1.165) is 19.4 Å². The van der Waals surface area contributed by atoms with Crippen LogP contribution >= 0.6 is 11.6 Å². The minimum Gasteiger partial charge on any atom is -0.311 e. The number of halogens is 2. The molecule has 20 heavy (non-hydrogen) atoms. The Bertz CT molecular complexity index is 401. The van der Waals surface area contributed by atoms with Crippen LogP contribution in [0, 0.1) is 11.7 Å². The summed E-state index contributed by atoms with van der Waals surface area (Å²) in [6.45, 7) is 11.4. The van der Waals surface area contributed by atoms with E-state index in [0.29, 0.717) is 16.5 Å². The molecule has 1 aromatic rings. The maximum absolute atomic E-state index is 14.2. The lowest BCUT2D eigenvalue weighted by Crippen LogP contribution is -2.40. The van der Waals surface area contributed by atoms with Crippen LogP contribution in [-0.2, 0) is 0 Å². The van der Waals surface area contributed by atoms with Crippen LogP contribution < -0.4 is 5.32 Å². The summed E-state index contributed by atoms with van der Waals surface area (Å²) < 4.78 is 14.2. The first kappa shape index (κ1) is 17.5. The highest BCUT2D eigenvalue weighted by Crippen LogP contribution is 2.35. The van der Waals surface area contributed by atoms with Crippen molar-refractivity contribution in [2.24, 2.45) is 5.92 Å². The topological polar surface area (TPSA) is 12.0 Å². The molecule has 114 valence electrons. The molecule has 0 heterocycles. The molecule has 1 rings (SSSR count). The first-order chi connectivity index (χ1) is 9.30. The summed E-state index contributed by atoms with van der Waals surface area (Å²) in [5.41, 5.74) is 0.682. The minimum absolute atomic E-state index is 0.0159. The SMILES string of the molecule is CCC(CC)C(CNC(C)(C)C)c1c(F)cccc1Cl. The third kappa shape index (κ3) is 4.75. The van der Waals surface area contributed by atoms with Crippen LogP contribution in [0.5, 0.6) is 0 Å². The van der Waals surface area contributed by atoms with Crippen LogP contribution in [0.1, 0.15) is 58.9 Å². The van der Waals surface area contributed by atoms with Crippen molar-refractivity contribution < 1.29 is 4.39 Å². The van der Waals surface area contributed by atoms with Gasteiger partial charge in [0.2, 0.25) is 0 Å². The highest BCUT2D eigenvalue weighted by atomic mass is 35.5. The molecule has 0 aromatic heterocycles.